The Morgan fingerprint density at radius 3 is 2.50 bits per heavy atom. The molecule has 0 saturated heterocycles. The molecule has 0 bridgehead atoms. The second-order valence-electron chi connectivity index (χ2n) is 5.85. The predicted molar refractivity (Wildman–Crippen MR) is 79.7 cm³/mol. The minimum Gasteiger partial charge on any atom is -0.392 e. The summed E-state index contributed by atoms with van der Waals surface area (Å²) in [6, 6.07) is 0.0510. The van der Waals surface area contributed by atoms with Gasteiger partial charge in [0.05, 0.1) is 12.2 Å². The molecule has 0 aromatic carbocycles. The molecule has 5 nitrogen and oxygen atoms in total. The van der Waals surface area contributed by atoms with Gasteiger partial charge in [-0.25, -0.2) is 4.79 Å². The normalized spacial score (nSPS) is 25.7. The third-order valence-electron chi connectivity index (χ3n) is 4.65. The fraction of sp³-hybridized carbons (Fsp3) is 0.933. The largest absolute Gasteiger partial charge is 0.392 e. The molecule has 0 aromatic heterocycles. The summed E-state index contributed by atoms with van der Waals surface area (Å²) >= 11 is 0. The van der Waals surface area contributed by atoms with Crippen LogP contribution in [-0.4, -0.2) is 54.5 Å². The standard InChI is InChI=1S/C15H30N2O3/c1-6-15(7-2)12(9-13(15)20-8-3)16-14(19)17(5)10-11(4)18/h11-13,18H,6-10H2,1-5H3,(H,16,19). The Morgan fingerprint density at radius 2 is 2.05 bits per heavy atom. The molecule has 0 heterocycles. The van der Waals surface area contributed by atoms with Crippen molar-refractivity contribution in [3.05, 3.63) is 0 Å². The molecular weight excluding hydrogens is 256 g/mol. The lowest BCUT2D eigenvalue weighted by molar-refractivity contribution is -0.134. The van der Waals surface area contributed by atoms with Crippen LogP contribution in [0.5, 0.6) is 0 Å². The van der Waals surface area contributed by atoms with Crippen LogP contribution < -0.4 is 5.32 Å². The van der Waals surface area contributed by atoms with Gasteiger partial charge in [0.2, 0.25) is 0 Å². The van der Waals surface area contributed by atoms with Crippen molar-refractivity contribution in [2.45, 2.75) is 65.2 Å². The lowest BCUT2D eigenvalue weighted by atomic mass is 9.58. The van der Waals surface area contributed by atoms with Crippen LogP contribution >= 0.6 is 0 Å². The third-order valence-corrected chi connectivity index (χ3v) is 4.65. The average molecular weight is 286 g/mol. The maximum atomic E-state index is 12.1. The number of carbonyl (C=O) groups excluding carboxylic acids is 1. The molecule has 1 aliphatic rings. The number of nitrogens with zero attached hydrogens (tertiary/aromatic N) is 1. The van der Waals surface area contributed by atoms with Crippen molar-refractivity contribution in [2.24, 2.45) is 5.41 Å². The van der Waals surface area contributed by atoms with E-state index in [1.54, 1.807) is 14.0 Å². The molecule has 1 saturated carbocycles. The first-order valence-corrected chi connectivity index (χ1v) is 7.72. The summed E-state index contributed by atoms with van der Waals surface area (Å²) in [5.74, 6) is 0. The molecule has 2 N–H and O–H groups in total. The van der Waals surface area contributed by atoms with Crippen LogP contribution in [-0.2, 0) is 4.74 Å². The molecule has 0 aliphatic heterocycles. The summed E-state index contributed by atoms with van der Waals surface area (Å²) in [5.41, 5.74) is 0.0529. The number of urea groups is 1. The zero-order chi connectivity index (χ0) is 15.3. The van der Waals surface area contributed by atoms with E-state index in [0.29, 0.717) is 6.54 Å². The van der Waals surface area contributed by atoms with E-state index in [2.05, 4.69) is 19.2 Å². The van der Waals surface area contributed by atoms with Crippen LogP contribution in [0.1, 0.15) is 47.0 Å². The SMILES string of the molecule is CCOC1CC(NC(=O)N(C)CC(C)O)C1(CC)CC. The zero-order valence-electron chi connectivity index (χ0n) is 13.5. The van der Waals surface area contributed by atoms with Crippen LogP contribution in [0.3, 0.4) is 0 Å². The summed E-state index contributed by atoms with van der Waals surface area (Å²) in [6.45, 7) is 9.08. The fourth-order valence-corrected chi connectivity index (χ4v) is 3.32. The molecule has 3 atom stereocenters. The Morgan fingerprint density at radius 1 is 1.45 bits per heavy atom. The van der Waals surface area contributed by atoms with Gasteiger partial charge in [0.1, 0.15) is 0 Å². The van der Waals surface area contributed by atoms with E-state index in [4.69, 9.17) is 4.74 Å². The van der Waals surface area contributed by atoms with Crippen LogP contribution in [0, 0.1) is 5.41 Å². The predicted octanol–water partition coefficient (Wildman–Crippen LogP) is 1.99. The minimum atomic E-state index is -0.509. The summed E-state index contributed by atoms with van der Waals surface area (Å²) < 4.78 is 5.81. The highest BCUT2D eigenvalue weighted by molar-refractivity contribution is 5.74. The summed E-state index contributed by atoms with van der Waals surface area (Å²) in [4.78, 5) is 13.7. The van der Waals surface area contributed by atoms with Crippen molar-refractivity contribution in [3.8, 4) is 0 Å². The maximum Gasteiger partial charge on any atom is 0.317 e. The first-order chi connectivity index (χ1) is 9.41. The molecule has 1 aliphatic carbocycles. The number of rotatable bonds is 7. The number of ether oxygens (including phenoxy) is 1. The Balaban J connectivity index is 2.61. The van der Waals surface area contributed by atoms with Crippen molar-refractivity contribution in [2.75, 3.05) is 20.2 Å². The minimum absolute atomic E-state index is 0.0529. The molecule has 0 radical (unpaired) electrons. The fourth-order valence-electron chi connectivity index (χ4n) is 3.32. The smallest absolute Gasteiger partial charge is 0.317 e. The molecule has 3 unspecified atom stereocenters. The van der Waals surface area contributed by atoms with Crippen molar-refractivity contribution in [3.63, 3.8) is 0 Å². The Hall–Kier alpha value is -0.810. The van der Waals surface area contributed by atoms with Crippen LogP contribution in [0.2, 0.25) is 0 Å². The topological polar surface area (TPSA) is 61.8 Å². The highest BCUT2D eigenvalue weighted by Crippen LogP contribution is 2.48. The number of carbonyl (C=O) groups is 1. The van der Waals surface area contributed by atoms with Gasteiger partial charge < -0.3 is 20.1 Å². The van der Waals surface area contributed by atoms with E-state index < -0.39 is 6.10 Å². The van der Waals surface area contributed by atoms with E-state index in [0.717, 1.165) is 25.9 Å². The van der Waals surface area contributed by atoms with Gasteiger partial charge in [-0.15, -0.1) is 0 Å². The molecular formula is C15H30N2O3. The molecule has 0 spiro atoms. The van der Waals surface area contributed by atoms with Crippen molar-refractivity contribution >= 4 is 6.03 Å². The zero-order valence-corrected chi connectivity index (χ0v) is 13.5. The van der Waals surface area contributed by atoms with Gasteiger partial charge in [0.15, 0.2) is 0 Å². The quantitative estimate of drug-likeness (QED) is 0.752. The van der Waals surface area contributed by atoms with Crippen molar-refractivity contribution in [1.82, 2.24) is 10.2 Å². The van der Waals surface area contributed by atoms with Crippen molar-refractivity contribution in [1.29, 1.82) is 0 Å². The monoisotopic (exact) mass is 286 g/mol. The average Bonchev–Trinajstić information content (AvgIpc) is 2.38. The van der Waals surface area contributed by atoms with E-state index in [1.807, 2.05) is 6.92 Å². The number of hydrogen-bond donors (Lipinski definition) is 2. The second-order valence-corrected chi connectivity index (χ2v) is 5.85. The number of aliphatic hydroxyl groups is 1. The molecule has 1 fully saturated rings. The van der Waals surface area contributed by atoms with E-state index in [1.165, 1.54) is 4.90 Å². The van der Waals surface area contributed by atoms with Gasteiger partial charge in [-0.2, -0.15) is 0 Å². The van der Waals surface area contributed by atoms with Crippen LogP contribution in [0.15, 0.2) is 0 Å². The van der Waals surface area contributed by atoms with Crippen LogP contribution in [0.25, 0.3) is 0 Å². The van der Waals surface area contributed by atoms with E-state index in [-0.39, 0.29) is 23.6 Å². The first-order valence-electron chi connectivity index (χ1n) is 7.72. The lowest BCUT2D eigenvalue weighted by Crippen LogP contribution is -2.65. The molecule has 118 valence electrons. The van der Waals surface area contributed by atoms with E-state index in [9.17, 15) is 9.90 Å². The summed E-state index contributed by atoms with van der Waals surface area (Å²) in [7, 11) is 1.71. The van der Waals surface area contributed by atoms with Crippen LogP contribution in [0.4, 0.5) is 4.79 Å². The Bertz CT molecular complexity index is 316. The highest BCUT2D eigenvalue weighted by Gasteiger charge is 2.54. The Kier molecular flexibility index (Phi) is 6.27. The van der Waals surface area contributed by atoms with Gasteiger partial charge in [-0.3, -0.25) is 0 Å². The Labute approximate surface area is 122 Å². The van der Waals surface area contributed by atoms with Gasteiger partial charge >= 0.3 is 6.03 Å². The second kappa shape index (κ2) is 7.27. The number of nitrogens with one attached hydrogen (secondary N) is 1. The molecule has 2 amide bonds. The first kappa shape index (κ1) is 17.2. The third kappa shape index (κ3) is 3.44. The maximum absolute atomic E-state index is 12.1. The lowest BCUT2D eigenvalue weighted by Gasteiger charge is -2.55. The summed E-state index contributed by atoms with van der Waals surface area (Å²) in [5, 5.41) is 12.4. The highest BCUT2D eigenvalue weighted by atomic mass is 16.5. The molecule has 1 rings (SSSR count). The number of hydrogen-bond acceptors (Lipinski definition) is 3. The van der Waals surface area contributed by atoms with Gasteiger partial charge in [0, 0.05) is 31.7 Å². The molecule has 20 heavy (non-hydrogen) atoms. The number of likely N-dealkylation sites (N-methyl/N-ethyl adjacent to an activating group) is 1. The number of aliphatic hydroxyl groups excluding tert-OH is 1. The van der Waals surface area contributed by atoms with Crippen molar-refractivity contribution < 1.29 is 14.6 Å². The number of amides is 2. The van der Waals surface area contributed by atoms with Gasteiger partial charge in [-0.05, 0) is 33.1 Å². The molecule has 0 aromatic rings. The van der Waals surface area contributed by atoms with Gasteiger partial charge in [0.25, 0.3) is 0 Å². The van der Waals surface area contributed by atoms with Gasteiger partial charge in [-0.1, -0.05) is 13.8 Å². The summed E-state index contributed by atoms with van der Waals surface area (Å²) in [6.07, 6.45) is 2.61. The van der Waals surface area contributed by atoms with E-state index >= 15 is 0 Å². The molecule has 5 heteroatoms.